The number of aldehydes is 1. The van der Waals surface area contributed by atoms with Gasteiger partial charge in [-0.2, -0.15) is 0 Å². The molecule has 0 N–H and O–H groups in total. The van der Waals surface area contributed by atoms with Gasteiger partial charge in [-0.15, -0.1) is 11.3 Å². The van der Waals surface area contributed by atoms with Gasteiger partial charge in [0.1, 0.15) is 6.29 Å². The lowest BCUT2D eigenvalue weighted by atomic mass is 10.2. The van der Waals surface area contributed by atoms with Gasteiger partial charge < -0.3 is 4.57 Å². The molecule has 0 spiro atoms. The van der Waals surface area contributed by atoms with Crippen LogP contribution in [0.15, 0.2) is 42.2 Å². The standard InChI is InChI=1S/C13H10N2OS/c16-8-10-1-2-11-3-4-15(13(11)5-10)7-12-6-14-9-17-12/h1-6,8-9H,7H2. The van der Waals surface area contributed by atoms with Crippen LogP contribution in [-0.4, -0.2) is 15.8 Å². The fraction of sp³-hybridized carbons (Fsp3) is 0.0769. The van der Waals surface area contributed by atoms with Gasteiger partial charge >= 0.3 is 0 Å². The third kappa shape index (κ3) is 1.87. The molecule has 0 atom stereocenters. The van der Waals surface area contributed by atoms with E-state index < -0.39 is 0 Å². The van der Waals surface area contributed by atoms with Crippen molar-refractivity contribution in [1.29, 1.82) is 0 Å². The SMILES string of the molecule is O=Cc1ccc2ccn(Cc3cncs3)c2c1. The molecule has 0 amide bonds. The number of carbonyl (C=O) groups excluding carboxylic acids is 1. The smallest absolute Gasteiger partial charge is 0.150 e. The number of aromatic nitrogens is 2. The van der Waals surface area contributed by atoms with Gasteiger partial charge in [0, 0.05) is 28.4 Å². The van der Waals surface area contributed by atoms with Crippen LogP contribution in [0.2, 0.25) is 0 Å². The molecule has 0 saturated carbocycles. The molecule has 0 aliphatic carbocycles. The molecule has 0 radical (unpaired) electrons. The number of hydrogen-bond donors (Lipinski definition) is 0. The topological polar surface area (TPSA) is 34.9 Å². The van der Waals surface area contributed by atoms with Gasteiger partial charge in [-0.3, -0.25) is 9.78 Å². The average Bonchev–Trinajstić information content (AvgIpc) is 2.99. The van der Waals surface area contributed by atoms with E-state index in [2.05, 4.69) is 15.6 Å². The van der Waals surface area contributed by atoms with Crippen molar-refractivity contribution in [3.63, 3.8) is 0 Å². The summed E-state index contributed by atoms with van der Waals surface area (Å²) in [6.45, 7) is 0.802. The molecule has 84 valence electrons. The normalized spacial score (nSPS) is 10.8. The third-order valence-corrected chi connectivity index (χ3v) is 3.51. The highest BCUT2D eigenvalue weighted by molar-refractivity contribution is 7.09. The summed E-state index contributed by atoms with van der Waals surface area (Å²) >= 11 is 1.64. The predicted molar refractivity (Wildman–Crippen MR) is 68.5 cm³/mol. The molecule has 3 rings (SSSR count). The van der Waals surface area contributed by atoms with E-state index in [0.29, 0.717) is 5.56 Å². The van der Waals surface area contributed by atoms with Crippen molar-refractivity contribution in [1.82, 2.24) is 9.55 Å². The lowest BCUT2D eigenvalue weighted by Gasteiger charge is -2.03. The van der Waals surface area contributed by atoms with Crippen LogP contribution >= 0.6 is 11.3 Å². The molecular formula is C13H10N2OS. The Bertz CT molecular complexity index is 655. The first-order valence-corrected chi connectivity index (χ1v) is 6.16. The molecule has 0 aliphatic heterocycles. The van der Waals surface area contributed by atoms with Crippen LogP contribution in [0.5, 0.6) is 0 Å². The van der Waals surface area contributed by atoms with Crippen LogP contribution in [0.4, 0.5) is 0 Å². The Labute approximate surface area is 102 Å². The average molecular weight is 242 g/mol. The Kier molecular flexibility index (Phi) is 2.49. The molecule has 2 heterocycles. The molecule has 0 saturated heterocycles. The summed E-state index contributed by atoms with van der Waals surface area (Å²) in [5, 5.41) is 1.15. The molecule has 3 aromatic rings. The van der Waals surface area contributed by atoms with Gasteiger partial charge in [0.2, 0.25) is 0 Å². The van der Waals surface area contributed by atoms with Crippen molar-refractivity contribution in [3.8, 4) is 0 Å². The molecule has 4 heteroatoms. The minimum atomic E-state index is 0.710. The van der Waals surface area contributed by atoms with Crippen molar-refractivity contribution in [2.75, 3.05) is 0 Å². The van der Waals surface area contributed by atoms with E-state index in [1.807, 2.05) is 36.1 Å². The van der Waals surface area contributed by atoms with Crippen molar-refractivity contribution in [3.05, 3.63) is 52.6 Å². The van der Waals surface area contributed by atoms with Crippen LogP contribution < -0.4 is 0 Å². The van der Waals surface area contributed by atoms with Gasteiger partial charge in [0.25, 0.3) is 0 Å². The molecular weight excluding hydrogens is 232 g/mol. The fourth-order valence-electron chi connectivity index (χ4n) is 1.90. The second-order valence-electron chi connectivity index (χ2n) is 3.85. The number of carbonyl (C=O) groups is 1. The van der Waals surface area contributed by atoms with Gasteiger partial charge in [-0.05, 0) is 17.5 Å². The Morgan fingerprint density at radius 2 is 2.29 bits per heavy atom. The first kappa shape index (κ1) is 10.2. The minimum Gasteiger partial charge on any atom is -0.342 e. The Balaban J connectivity index is 2.07. The number of hydrogen-bond acceptors (Lipinski definition) is 3. The minimum absolute atomic E-state index is 0.710. The van der Waals surface area contributed by atoms with E-state index in [1.165, 1.54) is 4.88 Å². The maximum absolute atomic E-state index is 10.8. The summed E-state index contributed by atoms with van der Waals surface area (Å²) in [4.78, 5) is 16.1. The van der Waals surface area contributed by atoms with Gasteiger partial charge in [0.15, 0.2) is 0 Å². The zero-order valence-electron chi connectivity index (χ0n) is 9.04. The van der Waals surface area contributed by atoms with Crippen molar-refractivity contribution >= 4 is 28.5 Å². The molecule has 2 aromatic heterocycles. The Hall–Kier alpha value is -1.94. The van der Waals surface area contributed by atoms with Gasteiger partial charge in [0.05, 0.1) is 12.1 Å². The molecule has 17 heavy (non-hydrogen) atoms. The summed E-state index contributed by atoms with van der Waals surface area (Å²) in [6.07, 6.45) is 4.79. The zero-order valence-corrected chi connectivity index (χ0v) is 9.85. The number of fused-ring (bicyclic) bond motifs is 1. The lowest BCUT2D eigenvalue weighted by Crippen LogP contribution is -1.95. The fourth-order valence-corrected chi connectivity index (χ4v) is 2.49. The predicted octanol–water partition coefficient (Wildman–Crippen LogP) is 2.96. The summed E-state index contributed by atoms with van der Waals surface area (Å²) < 4.78 is 2.13. The highest BCUT2D eigenvalue weighted by atomic mass is 32.1. The number of nitrogens with zero attached hydrogens (tertiary/aromatic N) is 2. The molecule has 3 nitrogen and oxygen atoms in total. The Morgan fingerprint density at radius 1 is 1.35 bits per heavy atom. The summed E-state index contributed by atoms with van der Waals surface area (Å²) in [7, 11) is 0. The highest BCUT2D eigenvalue weighted by Gasteiger charge is 2.03. The summed E-state index contributed by atoms with van der Waals surface area (Å²) in [5.41, 5.74) is 3.63. The maximum atomic E-state index is 10.8. The van der Waals surface area contributed by atoms with Crippen LogP contribution in [0.3, 0.4) is 0 Å². The largest absolute Gasteiger partial charge is 0.342 e. The highest BCUT2D eigenvalue weighted by Crippen LogP contribution is 2.19. The number of rotatable bonds is 3. The van der Waals surface area contributed by atoms with E-state index >= 15 is 0 Å². The summed E-state index contributed by atoms with van der Waals surface area (Å²) in [6, 6.07) is 7.79. The molecule has 0 aliphatic rings. The van der Waals surface area contributed by atoms with Crippen LogP contribution in [0.25, 0.3) is 10.9 Å². The van der Waals surface area contributed by atoms with Gasteiger partial charge in [-0.1, -0.05) is 12.1 Å². The summed E-state index contributed by atoms with van der Waals surface area (Å²) in [5.74, 6) is 0. The van der Waals surface area contributed by atoms with Crippen molar-refractivity contribution < 1.29 is 4.79 Å². The van der Waals surface area contributed by atoms with Crippen molar-refractivity contribution in [2.24, 2.45) is 0 Å². The molecule has 0 unspecified atom stereocenters. The van der Waals surface area contributed by atoms with E-state index in [0.717, 1.165) is 23.7 Å². The van der Waals surface area contributed by atoms with Crippen molar-refractivity contribution in [2.45, 2.75) is 6.54 Å². The molecule has 0 fully saturated rings. The van der Waals surface area contributed by atoms with Crippen LogP contribution in [0.1, 0.15) is 15.2 Å². The van der Waals surface area contributed by atoms with Crippen LogP contribution in [0, 0.1) is 0 Å². The van der Waals surface area contributed by atoms with Gasteiger partial charge in [-0.25, -0.2) is 0 Å². The van der Waals surface area contributed by atoms with E-state index in [9.17, 15) is 4.79 Å². The van der Waals surface area contributed by atoms with Crippen LogP contribution in [-0.2, 0) is 6.54 Å². The molecule has 0 bridgehead atoms. The second-order valence-corrected chi connectivity index (χ2v) is 4.82. The first-order chi connectivity index (χ1) is 8.36. The third-order valence-electron chi connectivity index (χ3n) is 2.74. The quantitative estimate of drug-likeness (QED) is 0.662. The van der Waals surface area contributed by atoms with E-state index in [1.54, 1.807) is 11.3 Å². The zero-order chi connectivity index (χ0) is 11.7. The second kappa shape index (κ2) is 4.14. The number of thiazole rings is 1. The lowest BCUT2D eigenvalue weighted by molar-refractivity contribution is 0.112. The Morgan fingerprint density at radius 3 is 3.06 bits per heavy atom. The van der Waals surface area contributed by atoms with E-state index in [-0.39, 0.29) is 0 Å². The maximum Gasteiger partial charge on any atom is 0.150 e. The van der Waals surface area contributed by atoms with E-state index in [4.69, 9.17) is 0 Å². The first-order valence-electron chi connectivity index (χ1n) is 5.28. The monoisotopic (exact) mass is 242 g/mol. The number of benzene rings is 1. The molecule has 1 aromatic carbocycles.